The molecule has 2 heterocycles. The third-order valence-electron chi connectivity index (χ3n) is 1.94. The fraction of sp³-hybridized carbons (Fsp3) is 0.250. The maximum Gasteiger partial charge on any atom is 0.350 e. The summed E-state index contributed by atoms with van der Waals surface area (Å²) >= 11 is 0. The van der Waals surface area contributed by atoms with E-state index in [1.807, 2.05) is 0 Å². The molecule has 5 heteroatoms. The van der Waals surface area contributed by atoms with Gasteiger partial charge in [0, 0.05) is 6.20 Å². The van der Waals surface area contributed by atoms with Crippen LogP contribution in [0.4, 0.5) is 4.39 Å². The molecule has 1 N–H and O–H groups in total. The zero-order valence-corrected chi connectivity index (χ0v) is 6.53. The number of alkyl halides is 1. The number of hydrogen-bond acceptors (Lipinski definition) is 3. The minimum atomic E-state index is -2.44. The second kappa shape index (κ2) is 2.42. The minimum absolute atomic E-state index is 0.0116. The van der Waals surface area contributed by atoms with Crippen molar-refractivity contribution in [3.05, 3.63) is 23.9 Å². The third kappa shape index (κ3) is 0.965. The number of aromatic nitrogens is 1. The van der Waals surface area contributed by atoms with E-state index in [2.05, 4.69) is 4.98 Å². The van der Waals surface area contributed by atoms with Crippen LogP contribution in [-0.2, 0) is 10.5 Å². The van der Waals surface area contributed by atoms with E-state index in [9.17, 15) is 9.18 Å². The Morgan fingerprint density at radius 2 is 2.54 bits per heavy atom. The molecular weight excluding hydrogens is 177 g/mol. The molecule has 0 fully saturated rings. The summed E-state index contributed by atoms with van der Waals surface area (Å²) in [7, 11) is 0. The molecule has 0 amide bonds. The van der Waals surface area contributed by atoms with Gasteiger partial charge in [0.1, 0.15) is 6.61 Å². The van der Waals surface area contributed by atoms with Gasteiger partial charge in [0.25, 0.3) is 5.67 Å². The average Bonchev–Trinajstić information content (AvgIpc) is 2.47. The van der Waals surface area contributed by atoms with Crippen molar-refractivity contribution < 1.29 is 19.0 Å². The van der Waals surface area contributed by atoms with Gasteiger partial charge in [0.15, 0.2) is 0 Å². The molecule has 1 aromatic heterocycles. The van der Waals surface area contributed by atoms with Crippen LogP contribution in [0.2, 0.25) is 0 Å². The smallest absolute Gasteiger partial charge is 0.350 e. The number of hydrogen-bond donors (Lipinski definition) is 1. The van der Waals surface area contributed by atoms with Crippen LogP contribution in [0.15, 0.2) is 18.3 Å². The normalized spacial score (nSPS) is 25.0. The quantitative estimate of drug-likeness (QED) is 0.697. The van der Waals surface area contributed by atoms with E-state index in [0.29, 0.717) is 0 Å². The molecule has 4 nitrogen and oxygen atoms in total. The van der Waals surface area contributed by atoms with Crippen molar-refractivity contribution in [1.29, 1.82) is 0 Å². The van der Waals surface area contributed by atoms with E-state index in [0.717, 1.165) is 0 Å². The van der Waals surface area contributed by atoms with E-state index in [1.165, 1.54) is 18.3 Å². The van der Waals surface area contributed by atoms with Gasteiger partial charge in [0.05, 0.1) is 5.56 Å². The molecule has 0 aliphatic carbocycles. The molecule has 0 aromatic carbocycles. The lowest BCUT2D eigenvalue weighted by atomic mass is 10.0. The summed E-state index contributed by atoms with van der Waals surface area (Å²) in [5.74, 6) is -1.48. The first-order valence-electron chi connectivity index (χ1n) is 3.65. The number of rotatable bonds is 1. The van der Waals surface area contributed by atoms with Crippen LogP contribution in [0.25, 0.3) is 0 Å². The first-order chi connectivity index (χ1) is 6.14. The fourth-order valence-electron chi connectivity index (χ4n) is 1.23. The summed E-state index contributed by atoms with van der Waals surface area (Å²) in [5.41, 5.74) is -2.45. The van der Waals surface area contributed by atoms with Crippen LogP contribution in [0.5, 0.6) is 5.88 Å². The number of carboxylic acids is 1. The van der Waals surface area contributed by atoms with Crippen LogP contribution in [-0.4, -0.2) is 22.7 Å². The van der Waals surface area contributed by atoms with Crippen molar-refractivity contribution in [2.45, 2.75) is 5.67 Å². The van der Waals surface area contributed by atoms with Gasteiger partial charge < -0.3 is 9.84 Å². The Hall–Kier alpha value is -1.65. The Labute approximate surface area is 73.0 Å². The van der Waals surface area contributed by atoms with Crippen molar-refractivity contribution in [3.8, 4) is 5.88 Å². The van der Waals surface area contributed by atoms with Crippen molar-refractivity contribution >= 4 is 5.97 Å². The molecule has 1 aliphatic rings. The van der Waals surface area contributed by atoms with E-state index < -0.39 is 18.2 Å². The Kier molecular flexibility index (Phi) is 1.48. The number of pyridine rings is 1. The highest BCUT2D eigenvalue weighted by Gasteiger charge is 2.49. The summed E-state index contributed by atoms with van der Waals surface area (Å²) in [6, 6.07) is 2.84. The lowest BCUT2D eigenvalue weighted by molar-refractivity contribution is -0.152. The fourth-order valence-corrected chi connectivity index (χ4v) is 1.23. The molecule has 0 spiro atoms. The maximum atomic E-state index is 13.7. The molecule has 0 radical (unpaired) electrons. The zero-order valence-electron chi connectivity index (χ0n) is 6.53. The van der Waals surface area contributed by atoms with E-state index in [1.54, 1.807) is 0 Å². The van der Waals surface area contributed by atoms with Gasteiger partial charge in [0.2, 0.25) is 5.88 Å². The van der Waals surface area contributed by atoms with Crippen molar-refractivity contribution in [2.75, 3.05) is 6.61 Å². The Morgan fingerprint density at radius 1 is 1.77 bits per heavy atom. The number of carbonyl (C=O) groups is 1. The molecule has 1 aromatic rings. The SMILES string of the molecule is O=C(O)[C@]1(F)COc2ncccc21. The third-order valence-corrected chi connectivity index (χ3v) is 1.94. The second-order valence-electron chi connectivity index (χ2n) is 2.75. The monoisotopic (exact) mass is 183 g/mol. The topological polar surface area (TPSA) is 59.4 Å². The minimum Gasteiger partial charge on any atom is -0.479 e. The predicted molar refractivity (Wildman–Crippen MR) is 40.2 cm³/mol. The molecule has 0 bridgehead atoms. The Balaban J connectivity index is 2.55. The van der Waals surface area contributed by atoms with Crippen molar-refractivity contribution in [2.24, 2.45) is 0 Å². The lowest BCUT2D eigenvalue weighted by Crippen LogP contribution is -2.32. The highest BCUT2D eigenvalue weighted by molar-refractivity contribution is 5.81. The van der Waals surface area contributed by atoms with Gasteiger partial charge in [-0.2, -0.15) is 0 Å². The van der Waals surface area contributed by atoms with Gasteiger partial charge in [-0.1, -0.05) is 0 Å². The number of halogens is 1. The molecule has 1 atom stereocenters. The molecule has 0 saturated carbocycles. The second-order valence-corrected chi connectivity index (χ2v) is 2.75. The predicted octanol–water partition coefficient (Wildman–Crippen LogP) is 0.723. The maximum absolute atomic E-state index is 13.7. The average molecular weight is 183 g/mol. The Bertz CT molecular complexity index is 368. The zero-order chi connectivity index (χ0) is 9.47. The number of nitrogens with zero attached hydrogens (tertiary/aromatic N) is 1. The van der Waals surface area contributed by atoms with Crippen LogP contribution in [0.1, 0.15) is 5.56 Å². The Morgan fingerprint density at radius 3 is 3.23 bits per heavy atom. The highest BCUT2D eigenvalue weighted by Crippen LogP contribution is 2.38. The summed E-state index contributed by atoms with van der Waals surface area (Å²) in [4.78, 5) is 14.3. The van der Waals surface area contributed by atoms with Crippen LogP contribution in [0.3, 0.4) is 0 Å². The molecule has 0 saturated heterocycles. The first-order valence-corrected chi connectivity index (χ1v) is 3.65. The van der Waals surface area contributed by atoms with Gasteiger partial charge >= 0.3 is 5.97 Å². The van der Waals surface area contributed by atoms with Gasteiger partial charge in [-0.15, -0.1) is 0 Å². The van der Waals surface area contributed by atoms with Gasteiger partial charge in [-0.25, -0.2) is 14.2 Å². The van der Waals surface area contributed by atoms with Gasteiger partial charge in [-0.05, 0) is 12.1 Å². The molecule has 0 unspecified atom stereocenters. The number of carboxylic acid groups (broad SMARTS) is 1. The lowest BCUT2D eigenvalue weighted by Gasteiger charge is -2.10. The van der Waals surface area contributed by atoms with Crippen molar-refractivity contribution in [1.82, 2.24) is 4.98 Å². The molecule has 1 aliphatic heterocycles. The standard InChI is InChI=1S/C8H6FNO3/c9-8(7(11)12)4-13-6-5(8)2-1-3-10-6/h1-3H,4H2,(H,11,12)/t8-/m0/s1. The number of ether oxygens (including phenoxy) is 1. The van der Waals surface area contributed by atoms with Crippen molar-refractivity contribution in [3.63, 3.8) is 0 Å². The summed E-state index contributed by atoms with van der Waals surface area (Å²) < 4.78 is 18.5. The largest absolute Gasteiger partial charge is 0.479 e. The van der Waals surface area contributed by atoms with E-state index in [-0.39, 0.29) is 11.4 Å². The number of fused-ring (bicyclic) bond motifs is 1. The molecule has 2 rings (SSSR count). The molecule has 13 heavy (non-hydrogen) atoms. The van der Waals surface area contributed by atoms with Gasteiger partial charge in [-0.3, -0.25) is 0 Å². The van der Waals surface area contributed by atoms with Crippen LogP contribution < -0.4 is 4.74 Å². The number of aliphatic carboxylic acids is 1. The van der Waals surface area contributed by atoms with E-state index in [4.69, 9.17) is 9.84 Å². The van der Waals surface area contributed by atoms with Crippen LogP contribution in [0, 0.1) is 0 Å². The summed E-state index contributed by atoms with van der Waals surface area (Å²) in [5, 5.41) is 8.64. The highest BCUT2D eigenvalue weighted by atomic mass is 19.1. The summed E-state index contributed by atoms with van der Waals surface area (Å²) in [6.07, 6.45) is 1.42. The molecular formula is C8H6FNO3. The molecule has 68 valence electrons. The van der Waals surface area contributed by atoms with E-state index >= 15 is 0 Å². The first kappa shape index (κ1) is 7.97. The van der Waals surface area contributed by atoms with Crippen LogP contribution >= 0.6 is 0 Å². The summed E-state index contributed by atoms with van der Waals surface area (Å²) in [6.45, 7) is -0.505.